The Kier molecular flexibility index (Phi) is 6.76. The van der Waals surface area contributed by atoms with E-state index in [9.17, 15) is 9.59 Å². The molecule has 0 spiro atoms. The van der Waals surface area contributed by atoms with Crippen LogP contribution in [0.3, 0.4) is 0 Å². The number of anilines is 1. The van der Waals surface area contributed by atoms with Gasteiger partial charge in [-0.15, -0.1) is 11.8 Å². The first-order chi connectivity index (χ1) is 11.4. The highest BCUT2D eigenvalue weighted by atomic mass is 127. The number of carbonyl (C=O) groups excluding carboxylic acids is 2. The number of methoxy groups -OCH3 is 1. The van der Waals surface area contributed by atoms with Gasteiger partial charge in [-0.25, -0.2) is 0 Å². The topological polar surface area (TPSA) is 81.4 Å². The lowest BCUT2D eigenvalue weighted by atomic mass is 10.2. The van der Waals surface area contributed by atoms with Gasteiger partial charge in [-0.2, -0.15) is 0 Å². The maximum Gasteiger partial charge on any atom is 0.259 e. The van der Waals surface area contributed by atoms with Crippen LogP contribution in [0.2, 0.25) is 5.02 Å². The fraction of sp³-hybridized carbons (Fsp3) is 0.125. The molecule has 0 saturated carbocycles. The second-order valence-corrected chi connectivity index (χ2v) is 7.26. The van der Waals surface area contributed by atoms with Crippen molar-refractivity contribution in [1.82, 2.24) is 0 Å². The lowest BCUT2D eigenvalue weighted by Crippen LogP contribution is -2.15. The summed E-state index contributed by atoms with van der Waals surface area (Å²) in [5.41, 5.74) is 6.09. The molecule has 0 atom stereocenters. The van der Waals surface area contributed by atoms with Crippen molar-refractivity contribution in [3.8, 4) is 5.75 Å². The van der Waals surface area contributed by atoms with Crippen molar-refractivity contribution in [3.05, 3.63) is 50.6 Å². The summed E-state index contributed by atoms with van der Waals surface area (Å²) in [6, 6.07) is 10.4. The van der Waals surface area contributed by atoms with Crippen molar-refractivity contribution < 1.29 is 14.3 Å². The van der Waals surface area contributed by atoms with Crippen molar-refractivity contribution in [2.45, 2.75) is 4.90 Å². The first-order valence-electron chi connectivity index (χ1n) is 6.77. The minimum absolute atomic E-state index is 0.131. The molecule has 8 heteroatoms. The third-order valence-electron chi connectivity index (χ3n) is 2.99. The molecule has 0 aliphatic carbocycles. The molecule has 0 radical (unpaired) electrons. The van der Waals surface area contributed by atoms with Gasteiger partial charge in [0, 0.05) is 8.47 Å². The molecule has 0 unspecified atom stereocenters. The van der Waals surface area contributed by atoms with E-state index in [1.54, 1.807) is 30.3 Å². The molecular formula is C16H14ClIN2O3S. The van der Waals surface area contributed by atoms with Crippen LogP contribution in [0.4, 0.5) is 5.69 Å². The monoisotopic (exact) mass is 476 g/mol. The van der Waals surface area contributed by atoms with Crippen LogP contribution in [0.15, 0.2) is 41.3 Å². The molecule has 0 fully saturated rings. The minimum atomic E-state index is -0.424. The fourth-order valence-corrected chi connectivity index (χ4v) is 3.26. The Bertz CT molecular complexity index is 786. The molecule has 0 heterocycles. The summed E-state index contributed by atoms with van der Waals surface area (Å²) in [6.07, 6.45) is 0. The number of para-hydroxylation sites is 1. The van der Waals surface area contributed by atoms with E-state index in [0.717, 1.165) is 8.47 Å². The fourth-order valence-electron chi connectivity index (χ4n) is 1.91. The number of nitrogens with two attached hydrogens (primary N) is 1. The van der Waals surface area contributed by atoms with Crippen LogP contribution < -0.4 is 15.8 Å². The largest absolute Gasteiger partial charge is 0.496 e. The lowest BCUT2D eigenvalue weighted by molar-refractivity contribution is -0.115. The number of halogens is 2. The van der Waals surface area contributed by atoms with Crippen LogP contribution in [0.25, 0.3) is 0 Å². The van der Waals surface area contributed by atoms with Crippen LogP contribution in [-0.4, -0.2) is 24.7 Å². The third kappa shape index (κ3) is 4.78. The third-order valence-corrected chi connectivity index (χ3v) is 5.61. The summed E-state index contributed by atoms with van der Waals surface area (Å²) in [4.78, 5) is 24.3. The Balaban J connectivity index is 2.27. The molecule has 0 saturated heterocycles. The zero-order chi connectivity index (χ0) is 17.7. The number of carbonyl (C=O) groups is 2. The highest BCUT2D eigenvalue weighted by Crippen LogP contribution is 2.31. The van der Waals surface area contributed by atoms with Gasteiger partial charge in [0.15, 0.2) is 0 Å². The molecular weight excluding hydrogens is 463 g/mol. The van der Waals surface area contributed by atoms with Crippen LogP contribution >= 0.6 is 46.0 Å². The van der Waals surface area contributed by atoms with Gasteiger partial charge in [0.2, 0.25) is 5.91 Å². The molecule has 5 nitrogen and oxygen atoms in total. The first-order valence-corrected chi connectivity index (χ1v) is 9.21. The zero-order valence-corrected chi connectivity index (χ0v) is 16.4. The van der Waals surface area contributed by atoms with Crippen molar-refractivity contribution in [2.75, 3.05) is 18.2 Å². The normalized spacial score (nSPS) is 10.3. The van der Waals surface area contributed by atoms with Crippen molar-refractivity contribution >= 4 is 63.5 Å². The number of hydrogen-bond acceptors (Lipinski definition) is 4. The standard InChI is InChI=1S/C16H14ClIN2O3S/c1-23-13-7-11(18)10(17)6-9(13)16(22)20-12-4-2-3-5-14(12)24-8-15(19)21/h2-7H,8H2,1H3,(H2,19,21)(H,20,22). The van der Waals surface area contributed by atoms with E-state index in [4.69, 9.17) is 22.1 Å². The number of primary amides is 1. The number of ether oxygens (including phenoxy) is 1. The number of hydrogen-bond donors (Lipinski definition) is 2. The van der Waals surface area contributed by atoms with Crippen LogP contribution in [0.5, 0.6) is 5.75 Å². The number of thioether (sulfide) groups is 1. The number of nitrogens with one attached hydrogen (secondary N) is 1. The molecule has 24 heavy (non-hydrogen) atoms. The first kappa shape index (κ1) is 18.9. The number of rotatable bonds is 6. The Labute approximate surface area is 162 Å². The van der Waals surface area contributed by atoms with Gasteiger partial charge >= 0.3 is 0 Å². The summed E-state index contributed by atoms with van der Waals surface area (Å²) < 4.78 is 6.05. The van der Waals surface area contributed by atoms with Crippen molar-refractivity contribution in [2.24, 2.45) is 5.73 Å². The Morgan fingerprint density at radius 3 is 2.71 bits per heavy atom. The van der Waals surface area contributed by atoms with E-state index >= 15 is 0 Å². The molecule has 126 valence electrons. The number of benzene rings is 2. The van der Waals surface area contributed by atoms with Crippen molar-refractivity contribution in [1.29, 1.82) is 0 Å². The minimum Gasteiger partial charge on any atom is -0.496 e. The average molecular weight is 477 g/mol. The zero-order valence-electron chi connectivity index (χ0n) is 12.6. The lowest BCUT2D eigenvalue weighted by Gasteiger charge is -2.13. The Morgan fingerprint density at radius 1 is 1.33 bits per heavy atom. The summed E-state index contributed by atoms with van der Waals surface area (Å²) in [5.74, 6) is -0.209. The SMILES string of the molecule is COc1cc(I)c(Cl)cc1C(=O)Nc1ccccc1SCC(N)=O. The van der Waals surface area contributed by atoms with Gasteiger partial charge in [0.25, 0.3) is 5.91 Å². The molecule has 2 amide bonds. The van der Waals surface area contributed by atoms with E-state index in [2.05, 4.69) is 27.9 Å². The molecule has 0 aliphatic heterocycles. The molecule has 0 aromatic heterocycles. The summed E-state index contributed by atoms with van der Waals surface area (Å²) in [5, 5.41) is 3.29. The molecule has 2 rings (SSSR count). The van der Waals surface area contributed by atoms with E-state index < -0.39 is 5.91 Å². The smallest absolute Gasteiger partial charge is 0.259 e. The predicted molar refractivity (Wildman–Crippen MR) is 105 cm³/mol. The highest BCUT2D eigenvalue weighted by Gasteiger charge is 2.16. The van der Waals surface area contributed by atoms with Gasteiger partial charge in [-0.05, 0) is 46.9 Å². The second kappa shape index (κ2) is 8.59. The van der Waals surface area contributed by atoms with E-state index in [-0.39, 0.29) is 11.7 Å². The molecule has 3 N–H and O–H groups in total. The summed E-state index contributed by atoms with van der Waals surface area (Å²) in [6.45, 7) is 0. The van der Waals surface area contributed by atoms with Crippen LogP contribution in [0.1, 0.15) is 10.4 Å². The molecule has 2 aromatic rings. The summed E-state index contributed by atoms with van der Waals surface area (Å²) >= 11 is 9.44. The van der Waals surface area contributed by atoms with E-state index in [1.165, 1.54) is 18.9 Å². The van der Waals surface area contributed by atoms with Crippen LogP contribution in [0, 0.1) is 3.57 Å². The van der Waals surface area contributed by atoms with E-state index in [1.807, 2.05) is 6.07 Å². The predicted octanol–water partition coefficient (Wildman–Crippen LogP) is 3.78. The van der Waals surface area contributed by atoms with Crippen molar-refractivity contribution in [3.63, 3.8) is 0 Å². The molecule has 0 bridgehead atoms. The van der Waals surface area contributed by atoms with Gasteiger partial charge in [0.05, 0.1) is 29.1 Å². The Morgan fingerprint density at radius 2 is 2.04 bits per heavy atom. The van der Waals surface area contributed by atoms with E-state index in [0.29, 0.717) is 22.0 Å². The molecule has 2 aromatic carbocycles. The quantitative estimate of drug-likeness (QED) is 0.491. The maximum absolute atomic E-state index is 12.6. The average Bonchev–Trinajstić information content (AvgIpc) is 2.55. The highest BCUT2D eigenvalue weighted by molar-refractivity contribution is 14.1. The van der Waals surface area contributed by atoms with Crippen LogP contribution in [-0.2, 0) is 4.79 Å². The number of amides is 2. The summed E-state index contributed by atoms with van der Waals surface area (Å²) in [7, 11) is 1.49. The Hall–Kier alpha value is -1.45. The van der Waals surface area contributed by atoms with Gasteiger partial charge in [-0.3, -0.25) is 9.59 Å². The maximum atomic E-state index is 12.6. The van der Waals surface area contributed by atoms with Gasteiger partial charge in [0.1, 0.15) is 5.75 Å². The van der Waals surface area contributed by atoms with Gasteiger partial charge in [-0.1, -0.05) is 23.7 Å². The second-order valence-electron chi connectivity index (χ2n) is 4.67. The van der Waals surface area contributed by atoms with Gasteiger partial charge < -0.3 is 15.8 Å². The molecule has 0 aliphatic rings.